The molecule has 3 nitrogen and oxygen atoms in total. The third kappa shape index (κ3) is 5.95. The van der Waals surface area contributed by atoms with Gasteiger partial charge in [0.05, 0.1) is 0 Å². The van der Waals surface area contributed by atoms with Gasteiger partial charge >= 0.3 is 0 Å². The molecule has 1 aromatic carbocycles. The number of carbonyl (C=O) groups is 1. The number of nitrogens with zero attached hydrogens (tertiary/aromatic N) is 2. The Hall–Kier alpha value is -0.620. The number of likely N-dealkylation sites (tertiary alicyclic amines) is 1. The predicted octanol–water partition coefficient (Wildman–Crippen LogP) is 5.43. The zero-order valence-electron chi connectivity index (χ0n) is 16.9. The van der Waals surface area contributed by atoms with E-state index in [1.165, 1.54) is 29.4 Å². The molecule has 0 aliphatic carbocycles. The van der Waals surface area contributed by atoms with Gasteiger partial charge in [0.2, 0.25) is 0 Å². The van der Waals surface area contributed by atoms with Crippen LogP contribution in [0.4, 0.5) is 0 Å². The Morgan fingerprint density at radius 1 is 1.19 bits per heavy atom. The van der Waals surface area contributed by atoms with E-state index in [4.69, 9.17) is 0 Å². The average molecular weight is 470 g/mol. The fourth-order valence-electron chi connectivity index (χ4n) is 4.13. The number of carbonyl (C=O) groups excluding carboxylic acids is 1. The summed E-state index contributed by atoms with van der Waals surface area (Å²) in [6, 6.07) is 9.24. The Kier molecular flexibility index (Phi) is 8.88. The first kappa shape index (κ1) is 21.7. The maximum atomic E-state index is 12.8. The van der Waals surface area contributed by atoms with Crippen LogP contribution >= 0.6 is 22.6 Å². The molecule has 1 atom stereocenters. The van der Waals surface area contributed by atoms with Crippen LogP contribution in [0.2, 0.25) is 0 Å². The van der Waals surface area contributed by atoms with Crippen molar-refractivity contribution in [3.05, 3.63) is 33.4 Å². The van der Waals surface area contributed by atoms with Crippen molar-refractivity contribution < 1.29 is 4.79 Å². The molecule has 1 aromatic rings. The molecule has 1 saturated heterocycles. The summed E-state index contributed by atoms with van der Waals surface area (Å²) in [5.74, 6) is 0.878. The summed E-state index contributed by atoms with van der Waals surface area (Å²) in [7, 11) is 0. The van der Waals surface area contributed by atoms with Crippen molar-refractivity contribution >= 4 is 28.5 Å². The molecule has 0 saturated carbocycles. The van der Waals surface area contributed by atoms with E-state index in [1.807, 2.05) is 29.2 Å². The first-order chi connectivity index (χ1) is 12.5. The van der Waals surface area contributed by atoms with E-state index >= 15 is 0 Å². The first-order valence-electron chi connectivity index (χ1n) is 10.3. The smallest absolute Gasteiger partial charge is 0.253 e. The zero-order valence-corrected chi connectivity index (χ0v) is 19.0. The first-order valence-corrected chi connectivity index (χ1v) is 11.3. The van der Waals surface area contributed by atoms with Gasteiger partial charge in [-0.2, -0.15) is 0 Å². The molecule has 0 aromatic heterocycles. The number of hydrogen-bond acceptors (Lipinski definition) is 2. The Balaban J connectivity index is 1.99. The minimum atomic E-state index is 0.191. The predicted molar refractivity (Wildman–Crippen MR) is 119 cm³/mol. The summed E-state index contributed by atoms with van der Waals surface area (Å²) in [6.07, 6.45) is 5.96. The molecule has 1 heterocycles. The fourth-order valence-corrected chi connectivity index (χ4v) is 4.49. The topological polar surface area (TPSA) is 23.6 Å². The van der Waals surface area contributed by atoms with Gasteiger partial charge in [-0.15, -0.1) is 0 Å². The van der Waals surface area contributed by atoms with E-state index < -0.39 is 0 Å². The number of piperidine rings is 1. The highest BCUT2D eigenvalue weighted by molar-refractivity contribution is 14.1. The van der Waals surface area contributed by atoms with Crippen LogP contribution in [0.3, 0.4) is 0 Å². The van der Waals surface area contributed by atoms with Crippen molar-refractivity contribution in [1.29, 1.82) is 0 Å². The summed E-state index contributed by atoms with van der Waals surface area (Å²) in [5.41, 5.74) is 0.820. The maximum absolute atomic E-state index is 12.8. The van der Waals surface area contributed by atoms with Crippen LogP contribution < -0.4 is 0 Å². The summed E-state index contributed by atoms with van der Waals surface area (Å²) in [5, 5.41) is 0. The van der Waals surface area contributed by atoms with E-state index in [-0.39, 0.29) is 5.91 Å². The molecule has 4 heteroatoms. The van der Waals surface area contributed by atoms with Gasteiger partial charge in [0, 0.05) is 40.9 Å². The van der Waals surface area contributed by atoms with Crippen LogP contribution in [0.15, 0.2) is 24.3 Å². The van der Waals surface area contributed by atoms with E-state index in [0.717, 1.165) is 31.5 Å². The van der Waals surface area contributed by atoms with E-state index in [0.29, 0.717) is 18.0 Å². The summed E-state index contributed by atoms with van der Waals surface area (Å²) < 4.78 is 1.17. The third-order valence-corrected chi connectivity index (χ3v) is 6.17. The second kappa shape index (κ2) is 10.6. The summed E-state index contributed by atoms with van der Waals surface area (Å²) in [6.45, 7) is 12.2. The van der Waals surface area contributed by atoms with Crippen LogP contribution in [0.1, 0.15) is 70.2 Å². The van der Waals surface area contributed by atoms with Gasteiger partial charge in [-0.05, 0) is 78.5 Å². The molecule has 2 rings (SSSR count). The number of benzene rings is 1. The second-order valence-corrected chi connectivity index (χ2v) is 9.22. The van der Waals surface area contributed by atoms with E-state index in [2.05, 4.69) is 55.2 Å². The lowest BCUT2D eigenvalue weighted by atomic mass is 9.96. The van der Waals surface area contributed by atoms with Gasteiger partial charge in [0.15, 0.2) is 0 Å². The minimum absolute atomic E-state index is 0.191. The SMILES string of the molecule is CCC[C@H](CC)N(CC(C)C)C1CCN(C(=O)c2ccc(I)cc2)CC1. The van der Waals surface area contributed by atoms with Gasteiger partial charge in [-0.1, -0.05) is 34.1 Å². The van der Waals surface area contributed by atoms with Crippen molar-refractivity contribution in [2.24, 2.45) is 5.92 Å². The Morgan fingerprint density at radius 2 is 1.81 bits per heavy atom. The molecule has 1 fully saturated rings. The van der Waals surface area contributed by atoms with E-state index in [1.54, 1.807) is 0 Å². The quantitative estimate of drug-likeness (QED) is 0.473. The highest BCUT2D eigenvalue weighted by Crippen LogP contribution is 2.25. The van der Waals surface area contributed by atoms with Gasteiger partial charge in [-0.3, -0.25) is 9.69 Å². The molecular weight excluding hydrogens is 435 g/mol. The lowest BCUT2D eigenvalue weighted by molar-refractivity contribution is 0.0461. The Bertz CT molecular complexity index is 550. The van der Waals surface area contributed by atoms with Crippen molar-refractivity contribution in [2.45, 2.75) is 71.9 Å². The fraction of sp³-hybridized carbons (Fsp3) is 0.682. The average Bonchev–Trinajstić information content (AvgIpc) is 2.64. The van der Waals surface area contributed by atoms with Crippen molar-refractivity contribution in [3.8, 4) is 0 Å². The lowest BCUT2D eigenvalue weighted by Crippen LogP contribution is -2.51. The molecule has 26 heavy (non-hydrogen) atoms. The van der Waals surface area contributed by atoms with Crippen molar-refractivity contribution in [2.75, 3.05) is 19.6 Å². The van der Waals surface area contributed by atoms with Crippen LogP contribution in [0.25, 0.3) is 0 Å². The molecule has 1 aliphatic rings. The molecule has 0 radical (unpaired) electrons. The second-order valence-electron chi connectivity index (χ2n) is 7.97. The molecule has 1 amide bonds. The van der Waals surface area contributed by atoms with Crippen molar-refractivity contribution in [1.82, 2.24) is 9.80 Å². The molecule has 1 aliphatic heterocycles. The zero-order chi connectivity index (χ0) is 19.1. The normalized spacial score (nSPS) is 17.1. The Labute approximate surface area is 173 Å². The van der Waals surface area contributed by atoms with E-state index in [9.17, 15) is 4.79 Å². The lowest BCUT2D eigenvalue weighted by Gasteiger charge is -2.43. The molecule has 0 N–H and O–H groups in total. The molecule has 146 valence electrons. The largest absolute Gasteiger partial charge is 0.339 e. The van der Waals surface area contributed by atoms with Crippen LogP contribution in [0.5, 0.6) is 0 Å². The van der Waals surface area contributed by atoms with Crippen LogP contribution in [-0.2, 0) is 0 Å². The van der Waals surface area contributed by atoms with Crippen molar-refractivity contribution in [3.63, 3.8) is 0 Å². The van der Waals surface area contributed by atoms with Gasteiger partial charge < -0.3 is 4.90 Å². The van der Waals surface area contributed by atoms with Gasteiger partial charge in [0.25, 0.3) is 5.91 Å². The molecular formula is C22H35IN2O. The minimum Gasteiger partial charge on any atom is -0.339 e. The third-order valence-electron chi connectivity index (χ3n) is 5.45. The van der Waals surface area contributed by atoms with Crippen LogP contribution in [-0.4, -0.2) is 47.4 Å². The van der Waals surface area contributed by atoms with Gasteiger partial charge in [-0.25, -0.2) is 0 Å². The summed E-state index contributed by atoms with van der Waals surface area (Å²) >= 11 is 2.28. The number of rotatable bonds is 8. The molecule has 0 spiro atoms. The molecule has 0 unspecified atom stereocenters. The highest BCUT2D eigenvalue weighted by Gasteiger charge is 2.30. The maximum Gasteiger partial charge on any atom is 0.253 e. The summed E-state index contributed by atoms with van der Waals surface area (Å²) in [4.78, 5) is 17.6. The van der Waals surface area contributed by atoms with Gasteiger partial charge in [0.1, 0.15) is 0 Å². The number of halogens is 1. The Morgan fingerprint density at radius 3 is 2.31 bits per heavy atom. The highest BCUT2D eigenvalue weighted by atomic mass is 127. The standard InChI is InChI=1S/C22H35IN2O/c1-5-7-20(6-2)25(16-17(3)4)21-12-14-24(15-13-21)22(26)18-8-10-19(23)11-9-18/h8-11,17,20-21H,5-7,12-16H2,1-4H3/t20-/m0/s1. The van der Waals surface area contributed by atoms with Crippen LogP contribution in [0, 0.1) is 9.49 Å². The number of hydrogen-bond donors (Lipinski definition) is 0. The molecule has 0 bridgehead atoms. The monoisotopic (exact) mass is 470 g/mol. The number of amides is 1.